The molecule has 0 saturated carbocycles. The quantitative estimate of drug-likeness (QED) is 0.201. The maximum absolute atomic E-state index is 14.1. The molecule has 0 unspecified atom stereocenters. The lowest BCUT2D eigenvalue weighted by atomic mass is 10.0. The summed E-state index contributed by atoms with van der Waals surface area (Å²) >= 11 is 1.51. The molecule has 5 atom stereocenters. The molecule has 248 valence electrons. The van der Waals surface area contributed by atoms with Gasteiger partial charge in [0.1, 0.15) is 29.9 Å². The second kappa shape index (κ2) is 16.5. The van der Waals surface area contributed by atoms with Gasteiger partial charge >= 0.3 is 5.97 Å². The van der Waals surface area contributed by atoms with E-state index in [1.807, 2.05) is 36.6 Å². The van der Waals surface area contributed by atoms with Crippen LogP contribution in [0.1, 0.15) is 43.2 Å². The number of likely N-dealkylation sites (tertiary alicyclic amines) is 2. The number of nitrogens with one attached hydrogen (secondary N) is 2. The van der Waals surface area contributed by atoms with E-state index in [0.29, 0.717) is 50.0 Å². The van der Waals surface area contributed by atoms with Gasteiger partial charge in [-0.15, -0.1) is 0 Å². The van der Waals surface area contributed by atoms with Gasteiger partial charge in [0.15, 0.2) is 0 Å². The fourth-order valence-corrected chi connectivity index (χ4v) is 6.53. The molecule has 0 aromatic heterocycles. The van der Waals surface area contributed by atoms with Crippen molar-refractivity contribution in [3.8, 4) is 5.75 Å². The summed E-state index contributed by atoms with van der Waals surface area (Å²) in [7, 11) is 0. The first-order valence-corrected chi connectivity index (χ1v) is 17.0. The monoisotopic (exact) mass is 653 g/mol. The third-order valence-corrected chi connectivity index (χ3v) is 9.15. The van der Waals surface area contributed by atoms with E-state index in [4.69, 9.17) is 5.73 Å². The van der Waals surface area contributed by atoms with Crippen LogP contribution in [0.4, 0.5) is 0 Å². The lowest BCUT2D eigenvalue weighted by Crippen LogP contribution is -2.58. The van der Waals surface area contributed by atoms with Gasteiger partial charge in [-0.2, -0.15) is 11.8 Å². The van der Waals surface area contributed by atoms with Crippen molar-refractivity contribution in [1.29, 1.82) is 0 Å². The van der Waals surface area contributed by atoms with Crippen molar-refractivity contribution in [3.63, 3.8) is 0 Å². The van der Waals surface area contributed by atoms with Crippen molar-refractivity contribution in [2.75, 3.05) is 25.1 Å². The van der Waals surface area contributed by atoms with Crippen LogP contribution in [-0.4, -0.2) is 105 Å². The van der Waals surface area contributed by atoms with Crippen LogP contribution < -0.4 is 16.4 Å². The van der Waals surface area contributed by atoms with Crippen LogP contribution in [0.15, 0.2) is 54.6 Å². The molecule has 2 fully saturated rings. The average Bonchev–Trinajstić information content (AvgIpc) is 3.74. The maximum Gasteiger partial charge on any atom is 0.326 e. The summed E-state index contributed by atoms with van der Waals surface area (Å²) < 4.78 is 0. The molecular weight excluding hydrogens is 610 g/mol. The van der Waals surface area contributed by atoms with Crippen LogP contribution in [0.5, 0.6) is 5.75 Å². The van der Waals surface area contributed by atoms with Crippen molar-refractivity contribution in [1.82, 2.24) is 20.4 Å². The highest BCUT2D eigenvalue weighted by atomic mass is 32.2. The Morgan fingerprint density at radius 3 is 2.07 bits per heavy atom. The number of phenolic OH excluding ortho intramolecular Hbond substituents is 1. The first-order chi connectivity index (χ1) is 22.1. The van der Waals surface area contributed by atoms with Crippen molar-refractivity contribution >= 4 is 41.4 Å². The number of hydrogen-bond acceptors (Lipinski definition) is 8. The highest BCUT2D eigenvalue weighted by molar-refractivity contribution is 7.98. The number of carboxylic acids is 1. The number of carboxylic acid groups (broad SMARTS) is 1. The predicted octanol–water partition coefficient (Wildman–Crippen LogP) is 1.29. The molecule has 0 bridgehead atoms. The number of carbonyl (C=O) groups excluding carboxylic acids is 4. The van der Waals surface area contributed by atoms with Crippen LogP contribution in [0.3, 0.4) is 0 Å². The molecule has 13 heteroatoms. The second-order valence-electron chi connectivity index (χ2n) is 11.8. The number of benzene rings is 2. The summed E-state index contributed by atoms with van der Waals surface area (Å²) in [4.78, 5) is 69.0. The van der Waals surface area contributed by atoms with Crippen molar-refractivity contribution in [2.45, 2.75) is 75.2 Å². The van der Waals surface area contributed by atoms with Crippen LogP contribution in [-0.2, 0) is 36.8 Å². The zero-order chi connectivity index (χ0) is 33.2. The maximum atomic E-state index is 14.1. The minimum Gasteiger partial charge on any atom is -0.508 e. The highest BCUT2D eigenvalue weighted by Crippen LogP contribution is 2.23. The standard InChI is InChI=1S/C33H43N5O7S/c1-46-18-15-25(31(42)38-17-6-10-28(38)33(44)45)35-30(41)27-9-5-16-37(27)32(43)26(20-22-11-13-23(39)14-12-22)36-29(40)24(34)19-21-7-3-2-4-8-21/h2-4,7-8,11-14,24-28,39H,5-6,9-10,15-20,34H2,1H3,(H,35,41)(H,36,40)(H,44,45)/t24-,25-,26-,27-,28-/m0/s1. The fourth-order valence-electron chi connectivity index (χ4n) is 6.06. The van der Waals surface area contributed by atoms with E-state index in [1.165, 1.54) is 33.7 Å². The summed E-state index contributed by atoms with van der Waals surface area (Å²) in [5.41, 5.74) is 7.80. The van der Waals surface area contributed by atoms with Gasteiger partial charge in [-0.3, -0.25) is 19.2 Å². The summed E-state index contributed by atoms with van der Waals surface area (Å²) in [5.74, 6) is -2.34. The summed E-state index contributed by atoms with van der Waals surface area (Å²) in [5, 5.41) is 25.0. The molecular formula is C33H43N5O7S. The highest BCUT2D eigenvalue weighted by Gasteiger charge is 2.41. The van der Waals surface area contributed by atoms with Gasteiger partial charge in [-0.25, -0.2) is 4.79 Å². The Bertz CT molecular complexity index is 1380. The number of hydrogen-bond donors (Lipinski definition) is 5. The number of aliphatic carboxylic acids is 1. The molecule has 0 spiro atoms. The molecule has 0 aliphatic carbocycles. The lowest BCUT2D eigenvalue weighted by molar-refractivity contribution is -0.149. The summed E-state index contributed by atoms with van der Waals surface area (Å²) in [6.45, 7) is 0.589. The number of rotatable bonds is 14. The molecule has 12 nitrogen and oxygen atoms in total. The number of aromatic hydroxyl groups is 1. The molecule has 4 amide bonds. The van der Waals surface area contributed by atoms with Crippen LogP contribution >= 0.6 is 11.8 Å². The summed E-state index contributed by atoms with van der Waals surface area (Å²) in [6.07, 6.45) is 4.42. The topological polar surface area (TPSA) is 182 Å². The summed E-state index contributed by atoms with van der Waals surface area (Å²) in [6, 6.07) is 10.9. The zero-order valence-corrected chi connectivity index (χ0v) is 26.8. The van der Waals surface area contributed by atoms with Gasteiger partial charge in [0.05, 0.1) is 6.04 Å². The number of amides is 4. The smallest absolute Gasteiger partial charge is 0.326 e. The van der Waals surface area contributed by atoms with Crippen molar-refractivity contribution in [2.24, 2.45) is 5.73 Å². The van der Waals surface area contributed by atoms with Gasteiger partial charge in [-0.05, 0) is 73.8 Å². The molecule has 2 aliphatic rings. The van der Waals surface area contributed by atoms with E-state index < -0.39 is 59.8 Å². The third kappa shape index (κ3) is 9.00. The molecule has 2 aliphatic heterocycles. The number of carbonyl (C=O) groups is 5. The normalized spacial score (nSPS) is 19.7. The van der Waals surface area contributed by atoms with Crippen LogP contribution in [0.2, 0.25) is 0 Å². The van der Waals surface area contributed by atoms with E-state index >= 15 is 0 Å². The molecule has 6 N–H and O–H groups in total. The average molecular weight is 654 g/mol. The zero-order valence-electron chi connectivity index (χ0n) is 26.0. The van der Waals surface area contributed by atoms with Crippen LogP contribution in [0.25, 0.3) is 0 Å². The number of nitrogens with zero attached hydrogens (tertiary/aromatic N) is 2. The number of thioether (sulfide) groups is 1. The molecule has 2 aromatic carbocycles. The Hall–Kier alpha value is -4.10. The van der Waals surface area contributed by atoms with Crippen molar-refractivity contribution < 1.29 is 34.2 Å². The Morgan fingerprint density at radius 2 is 1.43 bits per heavy atom. The molecule has 0 radical (unpaired) electrons. The number of nitrogens with two attached hydrogens (primary N) is 1. The van der Waals surface area contributed by atoms with Gasteiger partial charge in [0, 0.05) is 19.5 Å². The Kier molecular flexibility index (Phi) is 12.4. The SMILES string of the molecule is CSCC[C@H](NC(=O)[C@@H]1CCCN1C(=O)[C@H](Cc1ccc(O)cc1)NC(=O)[C@@H](N)Cc1ccccc1)C(=O)N1CCC[C@H]1C(=O)O. The minimum atomic E-state index is -1.07. The van der Waals surface area contributed by atoms with Gasteiger partial charge in [-0.1, -0.05) is 42.5 Å². The predicted molar refractivity (Wildman–Crippen MR) is 174 cm³/mol. The fraction of sp³-hybridized carbons (Fsp3) is 0.485. The van der Waals surface area contributed by atoms with E-state index in [2.05, 4.69) is 10.6 Å². The minimum absolute atomic E-state index is 0.0611. The van der Waals surface area contributed by atoms with Gasteiger partial charge in [0.2, 0.25) is 23.6 Å². The second-order valence-corrected chi connectivity index (χ2v) is 12.8. The van der Waals surface area contributed by atoms with E-state index in [1.54, 1.807) is 12.1 Å². The van der Waals surface area contributed by atoms with Gasteiger partial charge in [0.25, 0.3) is 0 Å². The molecule has 2 heterocycles. The Balaban J connectivity index is 1.50. The first kappa shape index (κ1) is 34.8. The van der Waals surface area contributed by atoms with E-state index in [-0.39, 0.29) is 25.1 Å². The van der Waals surface area contributed by atoms with E-state index in [0.717, 1.165) is 5.56 Å². The van der Waals surface area contributed by atoms with Gasteiger partial charge < -0.3 is 36.4 Å². The lowest BCUT2D eigenvalue weighted by Gasteiger charge is -2.31. The molecule has 4 rings (SSSR count). The third-order valence-electron chi connectivity index (χ3n) is 8.51. The van der Waals surface area contributed by atoms with E-state index in [9.17, 15) is 34.2 Å². The van der Waals surface area contributed by atoms with Crippen molar-refractivity contribution in [3.05, 3.63) is 65.7 Å². The molecule has 2 aromatic rings. The Morgan fingerprint density at radius 1 is 0.848 bits per heavy atom. The Labute approximate surface area is 273 Å². The van der Waals surface area contributed by atoms with Crippen LogP contribution in [0, 0.1) is 0 Å². The molecule has 2 saturated heterocycles. The largest absolute Gasteiger partial charge is 0.508 e. The molecule has 46 heavy (non-hydrogen) atoms. The number of phenols is 1. The first-order valence-electron chi connectivity index (χ1n) is 15.6.